The van der Waals surface area contributed by atoms with Gasteiger partial charge in [0.15, 0.2) is 5.84 Å². The maximum absolute atomic E-state index is 11.9. The van der Waals surface area contributed by atoms with Crippen LogP contribution in [0.5, 0.6) is 0 Å². The second kappa shape index (κ2) is 6.05. The topological polar surface area (TPSA) is 78.9 Å². The largest absolute Gasteiger partial charge is 0.409 e. The number of nitrogens with zero attached hydrogens (tertiary/aromatic N) is 2. The lowest BCUT2D eigenvalue weighted by Gasteiger charge is -2.21. The molecule has 0 aliphatic heterocycles. The zero-order chi connectivity index (χ0) is 13.7. The van der Waals surface area contributed by atoms with Crippen LogP contribution in [-0.2, 0) is 11.2 Å². The number of benzene rings is 1. The third-order valence-electron chi connectivity index (χ3n) is 2.88. The van der Waals surface area contributed by atoms with E-state index in [1.54, 1.807) is 36.2 Å². The highest BCUT2D eigenvalue weighted by molar-refractivity contribution is 5.97. The Balaban J connectivity index is 2.73. The molecule has 1 rings (SSSR count). The minimum absolute atomic E-state index is 0.0622. The Kier molecular flexibility index (Phi) is 4.71. The van der Waals surface area contributed by atoms with Crippen LogP contribution < -0.4 is 5.73 Å². The lowest BCUT2D eigenvalue weighted by Crippen LogP contribution is -2.34. The minimum Gasteiger partial charge on any atom is -0.409 e. The summed E-state index contributed by atoms with van der Waals surface area (Å²) in [5.74, 6) is 0.133. The number of rotatable bonds is 4. The molecule has 0 spiro atoms. The number of amidine groups is 1. The van der Waals surface area contributed by atoms with Gasteiger partial charge in [-0.3, -0.25) is 4.79 Å². The fraction of sp³-hybridized carbons (Fsp3) is 0.385. The fourth-order valence-electron chi connectivity index (χ4n) is 1.44. The number of carbonyl (C=O) groups excluding carboxylic acids is 1. The van der Waals surface area contributed by atoms with Crippen molar-refractivity contribution in [3.05, 3.63) is 35.4 Å². The highest BCUT2D eigenvalue weighted by atomic mass is 16.4. The SMILES string of the molecule is CC(C)N(C)C(=O)Cc1ccc(C(N)=NO)cc1. The van der Waals surface area contributed by atoms with E-state index in [1.807, 2.05) is 13.8 Å². The molecule has 18 heavy (non-hydrogen) atoms. The van der Waals surface area contributed by atoms with Crippen molar-refractivity contribution in [3.8, 4) is 0 Å². The second-order valence-electron chi connectivity index (χ2n) is 4.46. The number of hydrogen-bond donors (Lipinski definition) is 2. The molecule has 0 heterocycles. The molecule has 0 aromatic heterocycles. The van der Waals surface area contributed by atoms with Crippen LogP contribution >= 0.6 is 0 Å². The summed E-state index contributed by atoms with van der Waals surface area (Å²) < 4.78 is 0. The van der Waals surface area contributed by atoms with Crippen molar-refractivity contribution >= 4 is 11.7 Å². The molecule has 0 saturated heterocycles. The van der Waals surface area contributed by atoms with E-state index in [0.717, 1.165) is 5.56 Å². The number of carbonyl (C=O) groups is 1. The summed E-state index contributed by atoms with van der Waals surface area (Å²) in [5.41, 5.74) is 6.99. The van der Waals surface area contributed by atoms with Crippen molar-refractivity contribution in [1.29, 1.82) is 0 Å². The van der Waals surface area contributed by atoms with Gasteiger partial charge in [0.1, 0.15) is 0 Å². The van der Waals surface area contributed by atoms with Gasteiger partial charge < -0.3 is 15.8 Å². The number of oxime groups is 1. The van der Waals surface area contributed by atoms with E-state index in [4.69, 9.17) is 10.9 Å². The van der Waals surface area contributed by atoms with Gasteiger partial charge in [-0.2, -0.15) is 0 Å². The molecule has 98 valence electrons. The van der Waals surface area contributed by atoms with E-state index in [9.17, 15) is 4.79 Å². The molecule has 1 aromatic carbocycles. The molecular formula is C13H19N3O2. The average molecular weight is 249 g/mol. The van der Waals surface area contributed by atoms with Gasteiger partial charge in [-0.05, 0) is 19.4 Å². The van der Waals surface area contributed by atoms with E-state index in [2.05, 4.69) is 5.16 Å². The highest BCUT2D eigenvalue weighted by Crippen LogP contribution is 2.07. The monoisotopic (exact) mass is 249 g/mol. The van der Waals surface area contributed by atoms with Crippen LogP contribution in [0.1, 0.15) is 25.0 Å². The van der Waals surface area contributed by atoms with Crippen LogP contribution in [0, 0.1) is 0 Å². The summed E-state index contributed by atoms with van der Waals surface area (Å²) in [4.78, 5) is 13.6. The van der Waals surface area contributed by atoms with Crippen LogP contribution in [0.4, 0.5) is 0 Å². The third-order valence-corrected chi connectivity index (χ3v) is 2.88. The predicted molar refractivity (Wildman–Crippen MR) is 70.6 cm³/mol. The van der Waals surface area contributed by atoms with Crippen LogP contribution in [0.25, 0.3) is 0 Å². The third kappa shape index (κ3) is 3.48. The van der Waals surface area contributed by atoms with E-state index >= 15 is 0 Å². The average Bonchev–Trinajstić information content (AvgIpc) is 2.37. The molecule has 0 unspecified atom stereocenters. The first kappa shape index (κ1) is 14.0. The summed E-state index contributed by atoms with van der Waals surface area (Å²) >= 11 is 0. The Morgan fingerprint density at radius 3 is 2.39 bits per heavy atom. The van der Waals surface area contributed by atoms with E-state index in [1.165, 1.54) is 0 Å². The summed E-state index contributed by atoms with van der Waals surface area (Å²) in [7, 11) is 1.79. The van der Waals surface area contributed by atoms with E-state index in [0.29, 0.717) is 12.0 Å². The van der Waals surface area contributed by atoms with Crippen molar-refractivity contribution in [1.82, 2.24) is 4.90 Å². The standard InChI is InChI=1S/C13H19N3O2/c1-9(2)16(3)12(17)8-10-4-6-11(7-5-10)13(14)15-18/h4-7,9,18H,8H2,1-3H3,(H2,14,15). The van der Waals surface area contributed by atoms with Gasteiger partial charge in [0.25, 0.3) is 0 Å². The Labute approximate surface area is 107 Å². The van der Waals surface area contributed by atoms with Crippen LogP contribution in [-0.4, -0.2) is 34.9 Å². The Hall–Kier alpha value is -2.04. The van der Waals surface area contributed by atoms with Gasteiger partial charge in [-0.1, -0.05) is 29.4 Å². The fourth-order valence-corrected chi connectivity index (χ4v) is 1.44. The zero-order valence-electron chi connectivity index (χ0n) is 10.9. The first-order valence-corrected chi connectivity index (χ1v) is 5.78. The lowest BCUT2D eigenvalue weighted by atomic mass is 10.1. The molecule has 0 saturated carbocycles. The van der Waals surface area contributed by atoms with Gasteiger partial charge in [-0.25, -0.2) is 0 Å². The smallest absolute Gasteiger partial charge is 0.226 e. The van der Waals surface area contributed by atoms with E-state index in [-0.39, 0.29) is 17.8 Å². The van der Waals surface area contributed by atoms with Gasteiger partial charge in [0.2, 0.25) is 5.91 Å². The van der Waals surface area contributed by atoms with Crippen LogP contribution in [0.15, 0.2) is 29.4 Å². The quantitative estimate of drug-likeness (QED) is 0.364. The van der Waals surface area contributed by atoms with Gasteiger partial charge >= 0.3 is 0 Å². The van der Waals surface area contributed by atoms with Crippen molar-refractivity contribution in [2.75, 3.05) is 7.05 Å². The molecule has 1 amide bonds. The second-order valence-corrected chi connectivity index (χ2v) is 4.46. The molecule has 0 bridgehead atoms. The maximum Gasteiger partial charge on any atom is 0.226 e. The number of likely N-dealkylation sites (N-methyl/N-ethyl adjacent to an activating group) is 1. The van der Waals surface area contributed by atoms with Crippen LogP contribution in [0.2, 0.25) is 0 Å². The van der Waals surface area contributed by atoms with Crippen molar-refractivity contribution < 1.29 is 10.0 Å². The molecule has 1 aromatic rings. The zero-order valence-corrected chi connectivity index (χ0v) is 10.9. The van der Waals surface area contributed by atoms with Gasteiger partial charge in [0, 0.05) is 18.7 Å². The first-order chi connectivity index (χ1) is 8.45. The predicted octanol–water partition coefficient (Wildman–Crippen LogP) is 1.19. The molecule has 0 fully saturated rings. The summed E-state index contributed by atoms with van der Waals surface area (Å²) in [6.45, 7) is 3.94. The molecule has 5 nitrogen and oxygen atoms in total. The molecule has 0 aliphatic carbocycles. The first-order valence-electron chi connectivity index (χ1n) is 5.78. The lowest BCUT2D eigenvalue weighted by molar-refractivity contribution is -0.130. The molecule has 0 atom stereocenters. The molecular weight excluding hydrogens is 230 g/mol. The molecule has 5 heteroatoms. The maximum atomic E-state index is 11.9. The number of amides is 1. The Morgan fingerprint density at radius 2 is 1.94 bits per heavy atom. The van der Waals surface area contributed by atoms with Gasteiger partial charge in [-0.15, -0.1) is 0 Å². The summed E-state index contributed by atoms with van der Waals surface area (Å²) in [5, 5.41) is 11.5. The van der Waals surface area contributed by atoms with Crippen molar-refractivity contribution in [2.24, 2.45) is 10.9 Å². The van der Waals surface area contributed by atoms with E-state index < -0.39 is 0 Å². The Morgan fingerprint density at radius 1 is 1.39 bits per heavy atom. The molecule has 0 radical (unpaired) electrons. The minimum atomic E-state index is 0.0622. The van der Waals surface area contributed by atoms with Crippen LogP contribution in [0.3, 0.4) is 0 Å². The van der Waals surface area contributed by atoms with Crippen molar-refractivity contribution in [3.63, 3.8) is 0 Å². The Bertz CT molecular complexity index is 438. The van der Waals surface area contributed by atoms with Gasteiger partial charge in [0.05, 0.1) is 6.42 Å². The number of hydrogen-bond acceptors (Lipinski definition) is 3. The van der Waals surface area contributed by atoms with Crippen molar-refractivity contribution in [2.45, 2.75) is 26.3 Å². The summed E-state index contributed by atoms with van der Waals surface area (Å²) in [6, 6.07) is 7.26. The molecule has 3 N–H and O–H groups in total. The number of nitrogens with two attached hydrogens (primary N) is 1. The highest BCUT2D eigenvalue weighted by Gasteiger charge is 2.12. The summed E-state index contributed by atoms with van der Waals surface area (Å²) in [6.07, 6.45) is 0.352. The normalized spacial score (nSPS) is 11.7. The molecule has 0 aliphatic rings.